The van der Waals surface area contributed by atoms with Crippen LogP contribution in [0.3, 0.4) is 0 Å². The van der Waals surface area contributed by atoms with Gasteiger partial charge in [-0.1, -0.05) is 11.6 Å². The minimum absolute atomic E-state index is 0.433. The van der Waals surface area contributed by atoms with Crippen LogP contribution in [0.1, 0.15) is 17.1 Å². The van der Waals surface area contributed by atoms with Crippen molar-refractivity contribution in [3.8, 4) is 0 Å². The molecule has 0 saturated carbocycles. The maximum absolute atomic E-state index is 6.16. The van der Waals surface area contributed by atoms with Crippen LogP contribution in [-0.4, -0.2) is 26.6 Å². The number of hydrogen-bond acceptors (Lipinski definition) is 5. The highest BCUT2D eigenvalue weighted by Crippen LogP contribution is 2.26. The maximum atomic E-state index is 6.16. The van der Waals surface area contributed by atoms with Gasteiger partial charge in [-0.25, -0.2) is 0 Å². The SMILES string of the molecule is Cc1ccc(CN(C)c2c(C)c(Cl)nc3ncnn23)o1. The van der Waals surface area contributed by atoms with Crippen LogP contribution < -0.4 is 4.90 Å². The highest BCUT2D eigenvalue weighted by Gasteiger charge is 2.16. The second kappa shape index (κ2) is 4.79. The Balaban J connectivity index is 2.04. The van der Waals surface area contributed by atoms with Crippen molar-refractivity contribution in [2.24, 2.45) is 0 Å². The van der Waals surface area contributed by atoms with Crippen LogP contribution in [0.25, 0.3) is 5.78 Å². The minimum atomic E-state index is 0.433. The standard InChI is InChI=1S/C13H14ClN5O/c1-8-4-5-10(20-8)6-18(3)12-9(2)11(14)17-13-15-7-16-19(12)13/h4-5,7H,6H2,1-3H3. The number of aromatic nitrogens is 4. The lowest BCUT2D eigenvalue weighted by atomic mass is 10.3. The summed E-state index contributed by atoms with van der Waals surface area (Å²) in [5.74, 6) is 3.11. The van der Waals surface area contributed by atoms with Gasteiger partial charge in [-0.05, 0) is 26.0 Å². The Labute approximate surface area is 121 Å². The van der Waals surface area contributed by atoms with Gasteiger partial charge in [-0.3, -0.25) is 0 Å². The molecule has 0 aliphatic rings. The zero-order chi connectivity index (χ0) is 14.3. The van der Waals surface area contributed by atoms with Crippen LogP contribution in [0.4, 0.5) is 5.82 Å². The molecule has 0 unspecified atom stereocenters. The van der Waals surface area contributed by atoms with E-state index in [0.717, 1.165) is 22.9 Å². The van der Waals surface area contributed by atoms with Crippen molar-refractivity contribution in [3.63, 3.8) is 0 Å². The van der Waals surface area contributed by atoms with Gasteiger partial charge in [0.1, 0.15) is 28.8 Å². The monoisotopic (exact) mass is 291 g/mol. The Morgan fingerprint density at radius 2 is 2.15 bits per heavy atom. The second-order valence-electron chi connectivity index (χ2n) is 4.69. The molecule has 0 amide bonds. The number of anilines is 1. The summed E-state index contributed by atoms with van der Waals surface area (Å²) in [5, 5.41) is 4.63. The smallest absolute Gasteiger partial charge is 0.255 e. The van der Waals surface area contributed by atoms with E-state index < -0.39 is 0 Å². The summed E-state index contributed by atoms with van der Waals surface area (Å²) in [6, 6.07) is 3.91. The quantitative estimate of drug-likeness (QED) is 0.694. The molecule has 7 heteroatoms. The van der Waals surface area contributed by atoms with Gasteiger partial charge in [0, 0.05) is 12.6 Å². The number of rotatable bonds is 3. The van der Waals surface area contributed by atoms with Crippen LogP contribution in [0.2, 0.25) is 5.15 Å². The highest BCUT2D eigenvalue weighted by atomic mass is 35.5. The molecule has 3 aromatic heterocycles. The van der Waals surface area contributed by atoms with Crippen LogP contribution in [0, 0.1) is 13.8 Å². The zero-order valence-corrected chi connectivity index (χ0v) is 12.2. The minimum Gasteiger partial charge on any atom is -0.464 e. The molecule has 0 saturated heterocycles. The summed E-state index contributed by atoms with van der Waals surface area (Å²) in [5.41, 5.74) is 0.857. The fourth-order valence-electron chi connectivity index (χ4n) is 2.21. The van der Waals surface area contributed by atoms with Crippen LogP contribution >= 0.6 is 11.6 Å². The van der Waals surface area contributed by atoms with Crippen LogP contribution in [-0.2, 0) is 6.54 Å². The lowest BCUT2D eigenvalue weighted by Gasteiger charge is -2.21. The molecular weight excluding hydrogens is 278 g/mol. The summed E-state index contributed by atoms with van der Waals surface area (Å²) < 4.78 is 7.28. The average Bonchev–Trinajstić information content (AvgIpc) is 2.99. The molecule has 0 aliphatic heterocycles. The first-order chi connectivity index (χ1) is 9.56. The van der Waals surface area contributed by atoms with Crippen molar-refractivity contribution in [3.05, 3.63) is 40.7 Å². The molecule has 0 N–H and O–H groups in total. The normalized spacial score (nSPS) is 11.2. The van der Waals surface area contributed by atoms with Gasteiger partial charge in [-0.15, -0.1) is 0 Å². The number of furan rings is 1. The molecule has 0 bridgehead atoms. The van der Waals surface area contributed by atoms with E-state index in [1.807, 2.05) is 37.9 Å². The number of hydrogen-bond donors (Lipinski definition) is 0. The van der Waals surface area contributed by atoms with E-state index in [9.17, 15) is 0 Å². The van der Waals surface area contributed by atoms with Gasteiger partial charge in [-0.2, -0.15) is 19.6 Å². The van der Waals surface area contributed by atoms with Crippen molar-refractivity contribution >= 4 is 23.2 Å². The number of halogens is 1. The predicted octanol–water partition coefficient (Wildman–Crippen LogP) is 2.62. The molecule has 0 aromatic carbocycles. The van der Waals surface area contributed by atoms with Crippen molar-refractivity contribution in [1.29, 1.82) is 0 Å². The Morgan fingerprint density at radius 3 is 2.85 bits per heavy atom. The summed E-state index contributed by atoms with van der Waals surface area (Å²) in [6.07, 6.45) is 1.46. The van der Waals surface area contributed by atoms with E-state index in [4.69, 9.17) is 16.0 Å². The molecule has 6 nitrogen and oxygen atoms in total. The number of fused-ring (bicyclic) bond motifs is 1. The lowest BCUT2D eigenvalue weighted by Crippen LogP contribution is -2.21. The molecule has 3 rings (SSSR count). The Hall–Kier alpha value is -2.08. The van der Waals surface area contributed by atoms with Gasteiger partial charge in [0.25, 0.3) is 5.78 Å². The fourth-order valence-corrected chi connectivity index (χ4v) is 2.37. The van der Waals surface area contributed by atoms with E-state index in [1.54, 1.807) is 4.52 Å². The zero-order valence-electron chi connectivity index (χ0n) is 11.5. The fraction of sp³-hybridized carbons (Fsp3) is 0.308. The molecule has 0 fully saturated rings. The van der Waals surface area contributed by atoms with E-state index in [2.05, 4.69) is 15.1 Å². The number of aryl methyl sites for hydroxylation is 1. The molecule has 0 atom stereocenters. The van der Waals surface area contributed by atoms with Crippen molar-refractivity contribution in [1.82, 2.24) is 19.6 Å². The Bertz CT molecular complexity index is 763. The Kier molecular flexibility index (Phi) is 3.10. The largest absolute Gasteiger partial charge is 0.464 e. The first-order valence-corrected chi connectivity index (χ1v) is 6.56. The molecule has 3 aromatic rings. The molecule has 3 heterocycles. The van der Waals surface area contributed by atoms with Crippen molar-refractivity contribution < 1.29 is 4.42 Å². The van der Waals surface area contributed by atoms with Gasteiger partial charge in [0.15, 0.2) is 0 Å². The second-order valence-corrected chi connectivity index (χ2v) is 5.05. The third kappa shape index (κ3) is 2.12. The van der Waals surface area contributed by atoms with Crippen molar-refractivity contribution in [2.45, 2.75) is 20.4 Å². The summed E-state index contributed by atoms with van der Waals surface area (Å²) in [7, 11) is 1.96. The van der Waals surface area contributed by atoms with Gasteiger partial charge < -0.3 is 9.32 Å². The molecule has 20 heavy (non-hydrogen) atoms. The van der Waals surface area contributed by atoms with E-state index in [-0.39, 0.29) is 0 Å². The molecule has 0 aliphatic carbocycles. The Morgan fingerprint density at radius 1 is 1.35 bits per heavy atom. The first kappa shape index (κ1) is 12.9. The summed E-state index contributed by atoms with van der Waals surface area (Å²) in [4.78, 5) is 10.3. The van der Waals surface area contributed by atoms with E-state index in [0.29, 0.717) is 17.5 Å². The summed E-state index contributed by atoms with van der Waals surface area (Å²) in [6.45, 7) is 4.45. The average molecular weight is 292 g/mol. The molecule has 0 radical (unpaired) electrons. The van der Waals surface area contributed by atoms with Crippen LogP contribution in [0.5, 0.6) is 0 Å². The highest BCUT2D eigenvalue weighted by molar-refractivity contribution is 6.30. The van der Waals surface area contributed by atoms with Gasteiger partial charge in [0.2, 0.25) is 0 Å². The van der Waals surface area contributed by atoms with E-state index >= 15 is 0 Å². The maximum Gasteiger partial charge on any atom is 0.255 e. The molecule has 0 spiro atoms. The van der Waals surface area contributed by atoms with E-state index in [1.165, 1.54) is 6.33 Å². The molecule has 104 valence electrons. The lowest BCUT2D eigenvalue weighted by molar-refractivity contribution is 0.480. The number of nitrogens with zero attached hydrogens (tertiary/aromatic N) is 5. The third-order valence-corrected chi connectivity index (χ3v) is 3.49. The van der Waals surface area contributed by atoms with Crippen LogP contribution in [0.15, 0.2) is 22.9 Å². The third-order valence-electron chi connectivity index (χ3n) is 3.12. The van der Waals surface area contributed by atoms with Gasteiger partial charge >= 0.3 is 0 Å². The first-order valence-electron chi connectivity index (χ1n) is 6.18. The molecular formula is C13H14ClN5O. The predicted molar refractivity (Wildman–Crippen MR) is 76.1 cm³/mol. The van der Waals surface area contributed by atoms with Gasteiger partial charge in [0.05, 0.1) is 6.54 Å². The topological polar surface area (TPSA) is 59.5 Å². The summed E-state index contributed by atoms with van der Waals surface area (Å²) >= 11 is 6.16. The van der Waals surface area contributed by atoms with Crippen molar-refractivity contribution in [2.75, 3.05) is 11.9 Å².